The molecule has 4 aliphatic carbocycles. The standard InChI is InChI=1S/C26H42F2O5/c1-5-15-18-10-14(29)8-9-24(18,3)19-11-20(30)25(4)16(6-7-17(25)21(19)22(15)31)13(2)12-26(27,28)23(32)33/h13-22,29-31H,5-12H2,1-4H3,(H,32,33)/t13-,14-,15-,16-,17?,18+,19?,20+,21+,22-,24+,25-/m1/s1. The molecule has 0 aliphatic heterocycles. The minimum atomic E-state index is -3.78. The number of alkyl halides is 2. The average Bonchev–Trinajstić information content (AvgIpc) is 3.09. The molecule has 0 radical (unpaired) electrons. The van der Waals surface area contributed by atoms with E-state index in [9.17, 15) is 28.9 Å². The van der Waals surface area contributed by atoms with E-state index in [4.69, 9.17) is 5.11 Å². The minimum Gasteiger partial charge on any atom is -0.477 e. The summed E-state index contributed by atoms with van der Waals surface area (Å²) in [4.78, 5) is 11.0. The highest BCUT2D eigenvalue weighted by Crippen LogP contribution is 2.69. The van der Waals surface area contributed by atoms with Crippen molar-refractivity contribution in [1.29, 1.82) is 0 Å². The molecule has 0 heterocycles. The summed E-state index contributed by atoms with van der Waals surface area (Å²) < 4.78 is 28.1. The molecule has 2 unspecified atom stereocenters. The summed E-state index contributed by atoms with van der Waals surface area (Å²) in [6.45, 7) is 8.08. The third-order valence-corrected chi connectivity index (χ3v) is 11.1. The van der Waals surface area contributed by atoms with Crippen LogP contribution in [0.5, 0.6) is 0 Å². The van der Waals surface area contributed by atoms with Crippen LogP contribution in [0, 0.1) is 52.3 Å². The lowest BCUT2D eigenvalue weighted by Gasteiger charge is -2.65. The number of hydrogen-bond acceptors (Lipinski definition) is 4. The molecule has 0 bridgehead atoms. The Labute approximate surface area is 196 Å². The Bertz CT molecular complexity index is 761. The predicted octanol–water partition coefficient (Wildman–Crippen LogP) is 4.33. The van der Waals surface area contributed by atoms with Gasteiger partial charge in [0.25, 0.3) is 0 Å². The van der Waals surface area contributed by atoms with Crippen molar-refractivity contribution in [2.75, 3.05) is 0 Å². The molecule has 5 nitrogen and oxygen atoms in total. The van der Waals surface area contributed by atoms with E-state index in [1.165, 1.54) is 0 Å². The second-order valence-corrected chi connectivity index (χ2v) is 12.4. The van der Waals surface area contributed by atoms with E-state index in [2.05, 4.69) is 13.8 Å². The first kappa shape index (κ1) is 25.3. The molecule has 0 aromatic rings. The van der Waals surface area contributed by atoms with Gasteiger partial charge in [-0.2, -0.15) is 8.78 Å². The molecule has 33 heavy (non-hydrogen) atoms. The van der Waals surface area contributed by atoms with Gasteiger partial charge in [-0.15, -0.1) is 0 Å². The molecule has 12 atom stereocenters. The van der Waals surface area contributed by atoms with Crippen LogP contribution >= 0.6 is 0 Å². The first-order valence-corrected chi connectivity index (χ1v) is 12.9. The van der Waals surface area contributed by atoms with Gasteiger partial charge in [0.15, 0.2) is 0 Å². The summed E-state index contributed by atoms with van der Waals surface area (Å²) in [5, 5.41) is 42.5. The third kappa shape index (κ3) is 3.67. The van der Waals surface area contributed by atoms with Gasteiger partial charge in [-0.1, -0.05) is 34.1 Å². The number of carboxylic acid groups (broad SMARTS) is 1. The second-order valence-electron chi connectivity index (χ2n) is 12.4. The van der Waals surface area contributed by atoms with Crippen molar-refractivity contribution in [2.45, 2.75) is 103 Å². The van der Waals surface area contributed by atoms with E-state index < -0.39 is 41.9 Å². The lowest BCUT2D eigenvalue weighted by molar-refractivity contribution is -0.229. The fourth-order valence-corrected chi connectivity index (χ4v) is 9.52. The van der Waals surface area contributed by atoms with Crippen LogP contribution in [0.1, 0.15) is 79.1 Å². The maximum Gasteiger partial charge on any atom is 0.374 e. The highest BCUT2D eigenvalue weighted by Gasteiger charge is 2.67. The van der Waals surface area contributed by atoms with Gasteiger partial charge in [0, 0.05) is 6.42 Å². The molecule has 0 aromatic carbocycles. The van der Waals surface area contributed by atoms with Crippen LogP contribution in [0.25, 0.3) is 0 Å². The van der Waals surface area contributed by atoms with Crippen molar-refractivity contribution in [3.63, 3.8) is 0 Å². The summed E-state index contributed by atoms with van der Waals surface area (Å²) in [5.41, 5.74) is -0.683. The topological polar surface area (TPSA) is 98.0 Å². The van der Waals surface area contributed by atoms with Gasteiger partial charge in [0.05, 0.1) is 18.3 Å². The van der Waals surface area contributed by atoms with Crippen molar-refractivity contribution >= 4 is 5.97 Å². The lowest BCUT2D eigenvalue weighted by Crippen LogP contribution is -2.65. The number of aliphatic hydroxyl groups is 3. The minimum absolute atomic E-state index is 0.00275. The van der Waals surface area contributed by atoms with Crippen LogP contribution in [0.15, 0.2) is 0 Å². The quantitative estimate of drug-likeness (QED) is 0.478. The number of fused-ring (bicyclic) bond motifs is 5. The molecule has 4 N–H and O–H groups in total. The zero-order valence-electron chi connectivity index (χ0n) is 20.4. The number of aliphatic hydroxyl groups excluding tert-OH is 3. The van der Waals surface area contributed by atoms with Gasteiger partial charge < -0.3 is 20.4 Å². The summed E-state index contributed by atoms with van der Waals surface area (Å²) in [5.74, 6) is -6.19. The summed E-state index contributed by atoms with van der Waals surface area (Å²) in [6.07, 6.45) is 2.83. The van der Waals surface area contributed by atoms with Gasteiger partial charge in [-0.05, 0) is 90.8 Å². The molecule has 190 valence electrons. The first-order chi connectivity index (χ1) is 15.3. The van der Waals surface area contributed by atoms with Crippen molar-refractivity contribution < 1.29 is 34.0 Å². The molecular formula is C26H42F2O5. The number of rotatable bonds is 5. The molecule has 0 saturated heterocycles. The highest BCUT2D eigenvalue weighted by atomic mass is 19.3. The van der Waals surface area contributed by atoms with Gasteiger partial charge in [-0.25, -0.2) is 4.79 Å². The van der Waals surface area contributed by atoms with Gasteiger partial charge in [0.1, 0.15) is 0 Å². The Morgan fingerprint density at radius 3 is 2.33 bits per heavy atom. The normalized spacial score (nSPS) is 50.8. The largest absolute Gasteiger partial charge is 0.477 e. The Hall–Kier alpha value is -0.790. The van der Waals surface area contributed by atoms with Crippen LogP contribution in [-0.2, 0) is 4.79 Å². The summed E-state index contributed by atoms with van der Waals surface area (Å²) in [7, 11) is 0. The Morgan fingerprint density at radius 2 is 1.73 bits per heavy atom. The smallest absolute Gasteiger partial charge is 0.374 e. The Balaban J connectivity index is 1.67. The molecule has 0 aromatic heterocycles. The zero-order chi connectivity index (χ0) is 24.5. The van der Waals surface area contributed by atoms with Crippen LogP contribution in [0.2, 0.25) is 0 Å². The maximum atomic E-state index is 14.1. The number of halogens is 2. The second kappa shape index (κ2) is 8.41. The van der Waals surface area contributed by atoms with Gasteiger partial charge in [0.2, 0.25) is 0 Å². The summed E-state index contributed by atoms with van der Waals surface area (Å²) in [6, 6.07) is 0. The lowest BCUT2D eigenvalue weighted by atomic mass is 9.41. The fourth-order valence-electron chi connectivity index (χ4n) is 9.52. The predicted molar refractivity (Wildman–Crippen MR) is 120 cm³/mol. The average molecular weight is 473 g/mol. The van der Waals surface area contributed by atoms with Crippen LogP contribution < -0.4 is 0 Å². The van der Waals surface area contributed by atoms with E-state index in [0.717, 1.165) is 25.7 Å². The van der Waals surface area contributed by atoms with Gasteiger partial charge >= 0.3 is 11.9 Å². The monoisotopic (exact) mass is 472 g/mol. The SMILES string of the molecule is CC[C@H]1[C@@H](O)[C@H]2C3CC[C@H]([C@H](C)CC(F)(F)C(=O)O)[C@@]3(C)[C@@H](O)CC2[C@@]2(C)CC[C@@H](O)C[C@@H]12. The van der Waals surface area contributed by atoms with Crippen molar-refractivity contribution in [1.82, 2.24) is 0 Å². The molecule has 4 saturated carbocycles. The number of carbonyl (C=O) groups is 1. The molecule has 4 rings (SSSR count). The molecule has 0 spiro atoms. The van der Waals surface area contributed by atoms with Gasteiger partial charge in [-0.3, -0.25) is 0 Å². The zero-order valence-corrected chi connectivity index (χ0v) is 20.4. The third-order valence-electron chi connectivity index (χ3n) is 11.1. The maximum absolute atomic E-state index is 14.1. The van der Waals surface area contributed by atoms with Crippen molar-refractivity contribution in [2.24, 2.45) is 52.3 Å². The highest BCUT2D eigenvalue weighted by molar-refractivity contribution is 5.75. The van der Waals surface area contributed by atoms with Crippen molar-refractivity contribution in [3.05, 3.63) is 0 Å². The van der Waals surface area contributed by atoms with E-state index >= 15 is 0 Å². The van der Waals surface area contributed by atoms with E-state index in [1.54, 1.807) is 6.92 Å². The Kier molecular flexibility index (Phi) is 6.45. The number of hydrogen-bond donors (Lipinski definition) is 4. The van der Waals surface area contributed by atoms with E-state index in [1.807, 2.05) is 6.92 Å². The molecule has 7 heteroatoms. The number of carboxylic acids is 1. The van der Waals surface area contributed by atoms with E-state index in [0.29, 0.717) is 19.3 Å². The van der Waals surface area contributed by atoms with Crippen molar-refractivity contribution in [3.8, 4) is 0 Å². The molecule has 0 amide bonds. The Morgan fingerprint density at radius 1 is 1.06 bits per heavy atom. The van der Waals surface area contributed by atoms with E-state index in [-0.39, 0.29) is 47.0 Å². The fraction of sp³-hybridized carbons (Fsp3) is 0.962. The molecule has 4 fully saturated rings. The molecular weight excluding hydrogens is 430 g/mol. The molecule has 4 aliphatic rings. The first-order valence-electron chi connectivity index (χ1n) is 12.9. The number of aliphatic carboxylic acids is 1. The van der Waals surface area contributed by atoms with Crippen LogP contribution in [0.3, 0.4) is 0 Å². The van der Waals surface area contributed by atoms with Crippen LogP contribution in [0.4, 0.5) is 8.78 Å². The van der Waals surface area contributed by atoms with Crippen LogP contribution in [-0.4, -0.2) is 50.6 Å². The summed E-state index contributed by atoms with van der Waals surface area (Å²) >= 11 is 0.